The number of nitrogens with zero attached hydrogens (tertiary/aromatic N) is 1. The average molecular weight is 474 g/mol. The van der Waals surface area contributed by atoms with E-state index in [1.165, 1.54) is 17.8 Å². The predicted molar refractivity (Wildman–Crippen MR) is 136 cm³/mol. The number of benzene rings is 2. The number of nitrogens with one attached hydrogen (secondary N) is 2. The Labute approximate surface area is 204 Å². The van der Waals surface area contributed by atoms with Crippen molar-refractivity contribution in [2.45, 2.75) is 26.7 Å². The Bertz CT molecular complexity index is 1210. The minimum atomic E-state index is -0.605. The number of ether oxygens (including phenoxy) is 1. The summed E-state index contributed by atoms with van der Waals surface area (Å²) in [5, 5.41) is 16.7. The van der Waals surface area contributed by atoms with E-state index in [1.807, 2.05) is 62.4 Å². The molecule has 0 bridgehead atoms. The standard InChI is InChI=1S/C27H27N3O3S/c1-5-14-33-27(32)24-19(4)29-26(21(15-28)25(24)20-12-10-17(2)11-13-20)34-16-23(31)30-22-9-7-6-8-18(22)3/h5-13,25,29H,1,14,16H2,2-4H3,(H,30,31)/t25-/m0/s1. The molecule has 34 heavy (non-hydrogen) atoms. The van der Waals surface area contributed by atoms with Crippen LogP contribution in [0.4, 0.5) is 5.69 Å². The number of rotatable bonds is 8. The van der Waals surface area contributed by atoms with Crippen molar-refractivity contribution >= 4 is 29.3 Å². The first-order valence-electron chi connectivity index (χ1n) is 10.8. The van der Waals surface area contributed by atoms with Gasteiger partial charge < -0.3 is 15.4 Å². The number of aryl methyl sites for hydroxylation is 2. The molecule has 3 rings (SSSR count). The molecule has 7 heteroatoms. The molecule has 0 fully saturated rings. The lowest BCUT2D eigenvalue weighted by atomic mass is 9.82. The lowest BCUT2D eigenvalue weighted by Gasteiger charge is -2.29. The zero-order chi connectivity index (χ0) is 24.7. The molecule has 0 spiro atoms. The van der Waals surface area contributed by atoms with Crippen molar-refractivity contribution < 1.29 is 14.3 Å². The van der Waals surface area contributed by atoms with Gasteiger partial charge in [0.2, 0.25) is 5.91 Å². The molecule has 1 atom stereocenters. The summed E-state index contributed by atoms with van der Waals surface area (Å²) in [6, 6.07) is 17.5. The molecule has 2 aromatic carbocycles. The summed E-state index contributed by atoms with van der Waals surface area (Å²) in [6.45, 7) is 9.33. The molecule has 0 radical (unpaired) electrons. The molecule has 0 unspecified atom stereocenters. The maximum atomic E-state index is 12.9. The Morgan fingerprint density at radius 3 is 2.53 bits per heavy atom. The normalized spacial score (nSPS) is 15.3. The summed E-state index contributed by atoms with van der Waals surface area (Å²) in [4.78, 5) is 25.5. The highest BCUT2D eigenvalue weighted by atomic mass is 32.2. The maximum absolute atomic E-state index is 12.9. The van der Waals surface area contributed by atoms with Gasteiger partial charge in [-0.3, -0.25) is 4.79 Å². The van der Waals surface area contributed by atoms with Gasteiger partial charge in [-0.05, 0) is 38.0 Å². The number of allylic oxidation sites excluding steroid dienone is 2. The van der Waals surface area contributed by atoms with Crippen LogP contribution in [0.2, 0.25) is 0 Å². The summed E-state index contributed by atoms with van der Waals surface area (Å²) in [7, 11) is 0. The molecule has 0 aromatic heterocycles. The molecule has 0 saturated carbocycles. The van der Waals surface area contributed by atoms with Gasteiger partial charge in [0.1, 0.15) is 6.61 Å². The van der Waals surface area contributed by atoms with Crippen LogP contribution >= 0.6 is 11.8 Å². The monoisotopic (exact) mass is 473 g/mol. The number of hydrogen-bond acceptors (Lipinski definition) is 6. The van der Waals surface area contributed by atoms with E-state index in [9.17, 15) is 14.9 Å². The van der Waals surface area contributed by atoms with Crippen molar-refractivity contribution in [2.75, 3.05) is 17.7 Å². The quantitative estimate of drug-likeness (QED) is 0.409. The molecule has 1 amide bonds. The number of amides is 1. The second-order valence-corrected chi connectivity index (χ2v) is 8.89. The highest BCUT2D eigenvalue weighted by Gasteiger charge is 2.35. The largest absolute Gasteiger partial charge is 0.458 e. The van der Waals surface area contributed by atoms with Crippen LogP contribution in [0, 0.1) is 25.2 Å². The van der Waals surface area contributed by atoms with E-state index in [0.29, 0.717) is 21.9 Å². The van der Waals surface area contributed by atoms with Crippen LogP contribution < -0.4 is 10.6 Å². The Kier molecular flexibility index (Phi) is 8.34. The van der Waals surface area contributed by atoms with E-state index < -0.39 is 11.9 Å². The molecule has 1 aliphatic heterocycles. The van der Waals surface area contributed by atoms with Gasteiger partial charge in [-0.25, -0.2) is 4.79 Å². The van der Waals surface area contributed by atoms with Crippen LogP contribution in [0.3, 0.4) is 0 Å². The molecule has 2 N–H and O–H groups in total. The Morgan fingerprint density at radius 1 is 1.18 bits per heavy atom. The van der Waals surface area contributed by atoms with E-state index in [4.69, 9.17) is 4.74 Å². The Morgan fingerprint density at radius 2 is 1.88 bits per heavy atom. The third-order valence-corrected chi connectivity index (χ3v) is 6.39. The molecule has 174 valence electrons. The third-order valence-electron chi connectivity index (χ3n) is 5.38. The third kappa shape index (κ3) is 5.77. The van der Waals surface area contributed by atoms with Gasteiger partial charge in [-0.1, -0.05) is 72.4 Å². The first-order chi connectivity index (χ1) is 16.3. The topological polar surface area (TPSA) is 91.2 Å². The summed E-state index contributed by atoms with van der Waals surface area (Å²) in [5.74, 6) is -1.20. The number of anilines is 1. The molecule has 1 aliphatic rings. The van der Waals surface area contributed by atoms with E-state index in [1.54, 1.807) is 6.92 Å². The second kappa shape index (κ2) is 11.4. The first-order valence-corrected chi connectivity index (χ1v) is 11.8. The zero-order valence-electron chi connectivity index (χ0n) is 19.5. The van der Waals surface area contributed by atoms with Gasteiger partial charge in [-0.15, -0.1) is 0 Å². The summed E-state index contributed by atoms with van der Waals surface area (Å²) in [5.41, 5.74) is 4.91. The highest BCUT2D eigenvalue weighted by molar-refractivity contribution is 8.03. The molecule has 0 saturated heterocycles. The van der Waals surface area contributed by atoms with Crippen LogP contribution in [0.5, 0.6) is 0 Å². The fourth-order valence-corrected chi connectivity index (χ4v) is 4.53. The van der Waals surface area contributed by atoms with Crippen LogP contribution in [0.1, 0.15) is 29.5 Å². The summed E-state index contributed by atoms with van der Waals surface area (Å²) >= 11 is 1.23. The van der Waals surface area contributed by atoms with Crippen molar-refractivity contribution in [2.24, 2.45) is 0 Å². The molecule has 1 heterocycles. The van der Waals surface area contributed by atoms with E-state index in [-0.39, 0.29) is 18.3 Å². The number of nitriles is 1. The number of hydrogen-bond donors (Lipinski definition) is 2. The Balaban J connectivity index is 1.90. The molecule has 2 aromatic rings. The summed E-state index contributed by atoms with van der Waals surface area (Å²) < 4.78 is 5.32. The molecular weight excluding hydrogens is 446 g/mol. The lowest BCUT2D eigenvalue weighted by molar-refractivity contribution is -0.138. The fourth-order valence-electron chi connectivity index (χ4n) is 3.64. The van der Waals surface area contributed by atoms with Crippen molar-refractivity contribution in [3.8, 4) is 6.07 Å². The number of esters is 1. The fraction of sp³-hybridized carbons (Fsp3) is 0.222. The lowest BCUT2D eigenvalue weighted by Crippen LogP contribution is -2.29. The number of para-hydroxylation sites is 1. The Hall–Kier alpha value is -3.76. The minimum absolute atomic E-state index is 0.0719. The van der Waals surface area contributed by atoms with Crippen LogP contribution in [-0.2, 0) is 14.3 Å². The van der Waals surface area contributed by atoms with Crippen molar-refractivity contribution in [3.05, 3.63) is 99.7 Å². The SMILES string of the molecule is C=CCOC(=O)C1=C(C)NC(SCC(=O)Nc2ccccc2C)=C(C#N)[C@@H]1c1ccc(C)cc1. The van der Waals surface area contributed by atoms with Gasteiger partial charge in [0.15, 0.2) is 0 Å². The smallest absolute Gasteiger partial charge is 0.337 e. The molecule has 0 aliphatic carbocycles. The van der Waals surface area contributed by atoms with Crippen molar-refractivity contribution in [1.82, 2.24) is 5.32 Å². The van der Waals surface area contributed by atoms with Gasteiger partial charge in [0.25, 0.3) is 0 Å². The predicted octanol–water partition coefficient (Wildman–Crippen LogP) is 5.10. The van der Waals surface area contributed by atoms with Gasteiger partial charge in [0.05, 0.1) is 33.9 Å². The maximum Gasteiger partial charge on any atom is 0.337 e. The van der Waals surface area contributed by atoms with E-state index >= 15 is 0 Å². The average Bonchev–Trinajstić information content (AvgIpc) is 2.82. The van der Waals surface area contributed by atoms with Crippen LogP contribution in [0.25, 0.3) is 0 Å². The number of carbonyl (C=O) groups is 2. The van der Waals surface area contributed by atoms with Crippen LogP contribution in [-0.4, -0.2) is 24.2 Å². The first kappa shape index (κ1) is 24.9. The number of carbonyl (C=O) groups excluding carboxylic acids is 2. The van der Waals surface area contributed by atoms with Crippen molar-refractivity contribution in [3.63, 3.8) is 0 Å². The number of dihydropyridines is 1. The summed E-state index contributed by atoms with van der Waals surface area (Å²) in [6.07, 6.45) is 1.50. The van der Waals surface area contributed by atoms with E-state index in [2.05, 4.69) is 23.3 Å². The van der Waals surface area contributed by atoms with Crippen molar-refractivity contribution in [1.29, 1.82) is 5.26 Å². The van der Waals surface area contributed by atoms with E-state index in [0.717, 1.165) is 22.4 Å². The van der Waals surface area contributed by atoms with Crippen LogP contribution in [0.15, 0.2) is 83.1 Å². The molecular formula is C27H27N3O3S. The second-order valence-electron chi connectivity index (χ2n) is 7.90. The minimum Gasteiger partial charge on any atom is -0.458 e. The highest BCUT2D eigenvalue weighted by Crippen LogP contribution is 2.41. The van der Waals surface area contributed by atoms with Gasteiger partial charge >= 0.3 is 5.97 Å². The van der Waals surface area contributed by atoms with Gasteiger partial charge in [0, 0.05) is 11.4 Å². The number of thioether (sulfide) groups is 1. The molecule has 6 nitrogen and oxygen atoms in total. The van der Waals surface area contributed by atoms with Gasteiger partial charge in [-0.2, -0.15) is 5.26 Å². The zero-order valence-corrected chi connectivity index (χ0v) is 20.3.